The summed E-state index contributed by atoms with van der Waals surface area (Å²) in [5, 5.41) is 14.8. The summed E-state index contributed by atoms with van der Waals surface area (Å²) in [5.74, 6) is 2.33. The highest BCUT2D eigenvalue weighted by Crippen LogP contribution is 2.38. The maximum absolute atomic E-state index is 5.74. The predicted octanol–water partition coefficient (Wildman–Crippen LogP) is 5.99. The number of ether oxygens (including phenoxy) is 2. The lowest BCUT2D eigenvalue weighted by Crippen LogP contribution is -2.03. The van der Waals surface area contributed by atoms with Gasteiger partial charge < -0.3 is 19.4 Å². The molecule has 0 radical (unpaired) electrons. The van der Waals surface area contributed by atoms with Crippen LogP contribution in [0, 0.1) is 20.8 Å². The van der Waals surface area contributed by atoms with E-state index in [4.69, 9.17) is 9.47 Å². The number of aryl methyl sites for hydroxylation is 5. The quantitative estimate of drug-likeness (QED) is 0.398. The van der Waals surface area contributed by atoms with Crippen molar-refractivity contribution in [3.05, 3.63) is 64.6 Å². The molecule has 0 amide bonds. The van der Waals surface area contributed by atoms with Gasteiger partial charge in [-0.2, -0.15) is 5.10 Å². The topological polar surface area (TPSA) is 61.2 Å². The smallest absolute Gasteiger partial charge is 0.162 e. The maximum atomic E-state index is 5.74. The summed E-state index contributed by atoms with van der Waals surface area (Å²) in [7, 11) is 1.69. The van der Waals surface area contributed by atoms with E-state index in [1.165, 1.54) is 24.0 Å². The number of hydrogen-bond donors (Lipinski definition) is 1. The minimum atomic E-state index is 0.613. The zero-order chi connectivity index (χ0) is 23.1. The van der Waals surface area contributed by atoms with Crippen molar-refractivity contribution in [1.82, 2.24) is 14.8 Å². The molecular formula is C27H30N4O2. The van der Waals surface area contributed by atoms with Crippen molar-refractivity contribution in [2.75, 3.05) is 19.0 Å². The molecule has 1 aliphatic rings. The van der Waals surface area contributed by atoms with Crippen molar-refractivity contribution in [1.29, 1.82) is 0 Å². The number of anilines is 2. The average Bonchev–Trinajstić information content (AvgIpc) is 3.38. The summed E-state index contributed by atoms with van der Waals surface area (Å²) in [4.78, 5) is 0. The molecule has 6 heteroatoms. The number of fused-ring (bicyclic) bond motifs is 2. The lowest BCUT2D eigenvalue weighted by molar-refractivity contribution is 0.336. The fourth-order valence-corrected chi connectivity index (χ4v) is 5.13. The fourth-order valence-electron chi connectivity index (χ4n) is 5.13. The van der Waals surface area contributed by atoms with Gasteiger partial charge in [0.15, 0.2) is 5.82 Å². The van der Waals surface area contributed by atoms with Crippen LogP contribution < -0.4 is 14.8 Å². The van der Waals surface area contributed by atoms with Gasteiger partial charge in [-0.05, 0) is 82.3 Å². The molecular weight excluding hydrogens is 412 g/mol. The SMILES string of the molecule is CCOc1ccc(-n2c(C)c3c(C)nnc(Nc4ccc5c(c4)CCC5)c3c2C)c(OC)c1. The van der Waals surface area contributed by atoms with E-state index in [-0.39, 0.29) is 0 Å². The molecule has 0 aliphatic heterocycles. The van der Waals surface area contributed by atoms with Gasteiger partial charge in [0.2, 0.25) is 0 Å². The van der Waals surface area contributed by atoms with Crippen molar-refractivity contribution in [2.24, 2.45) is 0 Å². The highest BCUT2D eigenvalue weighted by molar-refractivity contribution is 5.99. The molecule has 0 bridgehead atoms. The Hall–Kier alpha value is -3.54. The van der Waals surface area contributed by atoms with Gasteiger partial charge in [0.05, 0.1) is 25.1 Å². The first-order valence-electron chi connectivity index (χ1n) is 11.6. The van der Waals surface area contributed by atoms with Gasteiger partial charge in [-0.15, -0.1) is 5.10 Å². The van der Waals surface area contributed by atoms with Gasteiger partial charge in [-0.1, -0.05) is 6.07 Å². The Morgan fingerprint density at radius 1 is 0.939 bits per heavy atom. The Labute approximate surface area is 194 Å². The molecule has 1 N–H and O–H groups in total. The average molecular weight is 443 g/mol. The number of hydrogen-bond acceptors (Lipinski definition) is 5. The summed E-state index contributed by atoms with van der Waals surface area (Å²) in [6.07, 6.45) is 3.56. The summed E-state index contributed by atoms with van der Waals surface area (Å²) < 4.78 is 13.6. The molecule has 0 spiro atoms. The number of rotatable bonds is 6. The van der Waals surface area contributed by atoms with E-state index in [0.29, 0.717) is 6.61 Å². The van der Waals surface area contributed by atoms with Crippen LogP contribution in [-0.4, -0.2) is 28.5 Å². The Morgan fingerprint density at radius 3 is 2.52 bits per heavy atom. The fraction of sp³-hybridized carbons (Fsp3) is 0.333. The molecule has 0 saturated carbocycles. The van der Waals surface area contributed by atoms with E-state index in [9.17, 15) is 0 Å². The van der Waals surface area contributed by atoms with Gasteiger partial charge in [0, 0.05) is 33.9 Å². The molecule has 0 atom stereocenters. The first kappa shape index (κ1) is 21.3. The Morgan fingerprint density at radius 2 is 1.73 bits per heavy atom. The molecule has 0 fully saturated rings. The molecule has 0 unspecified atom stereocenters. The van der Waals surface area contributed by atoms with Crippen LogP contribution in [0.1, 0.15) is 41.6 Å². The predicted molar refractivity (Wildman–Crippen MR) is 133 cm³/mol. The van der Waals surface area contributed by atoms with Crippen LogP contribution >= 0.6 is 0 Å². The molecule has 2 heterocycles. The first-order valence-corrected chi connectivity index (χ1v) is 11.6. The van der Waals surface area contributed by atoms with Crippen molar-refractivity contribution >= 4 is 22.3 Å². The van der Waals surface area contributed by atoms with Gasteiger partial charge >= 0.3 is 0 Å². The molecule has 1 aliphatic carbocycles. The molecule has 6 nitrogen and oxygen atoms in total. The van der Waals surface area contributed by atoms with Crippen molar-refractivity contribution in [2.45, 2.75) is 47.0 Å². The van der Waals surface area contributed by atoms with E-state index in [2.05, 4.69) is 52.1 Å². The zero-order valence-corrected chi connectivity index (χ0v) is 20.0. The number of nitrogens with zero attached hydrogens (tertiary/aromatic N) is 3. The minimum Gasteiger partial charge on any atom is -0.494 e. The number of methoxy groups -OCH3 is 1. The molecule has 5 rings (SSSR count). The second kappa shape index (κ2) is 8.43. The molecule has 170 valence electrons. The lowest BCUT2D eigenvalue weighted by atomic mass is 10.1. The molecule has 33 heavy (non-hydrogen) atoms. The monoisotopic (exact) mass is 442 g/mol. The summed E-state index contributed by atoms with van der Waals surface area (Å²) >= 11 is 0. The molecule has 0 saturated heterocycles. The van der Waals surface area contributed by atoms with Crippen molar-refractivity contribution < 1.29 is 9.47 Å². The van der Waals surface area contributed by atoms with Gasteiger partial charge in [-0.25, -0.2) is 0 Å². The molecule has 4 aromatic rings. The van der Waals surface area contributed by atoms with E-state index < -0.39 is 0 Å². The largest absolute Gasteiger partial charge is 0.494 e. The van der Waals surface area contributed by atoms with Crippen LogP contribution in [0.3, 0.4) is 0 Å². The zero-order valence-electron chi connectivity index (χ0n) is 20.0. The third kappa shape index (κ3) is 3.59. The van der Waals surface area contributed by atoms with Crippen molar-refractivity contribution in [3.63, 3.8) is 0 Å². The van der Waals surface area contributed by atoms with E-state index in [1.54, 1.807) is 7.11 Å². The van der Waals surface area contributed by atoms with Crippen LogP contribution in [0.15, 0.2) is 36.4 Å². The molecule has 2 aromatic carbocycles. The van der Waals surface area contributed by atoms with Crippen LogP contribution in [0.25, 0.3) is 16.5 Å². The summed E-state index contributed by atoms with van der Waals surface area (Å²) in [6.45, 7) is 8.86. The highest BCUT2D eigenvalue weighted by atomic mass is 16.5. The van der Waals surface area contributed by atoms with Crippen LogP contribution in [0.2, 0.25) is 0 Å². The van der Waals surface area contributed by atoms with E-state index >= 15 is 0 Å². The van der Waals surface area contributed by atoms with E-state index in [0.717, 1.165) is 63.0 Å². The first-order chi connectivity index (χ1) is 16.0. The van der Waals surface area contributed by atoms with Crippen LogP contribution in [0.4, 0.5) is 11.5 Å². The standard InChI is InChI=1S/C27H30N4O2/c1-6-33-22-12-13-23(24(15-22)32-5)31-17(3)25-16(2)29-30-27(26(25)18(31)4)28-21-11-10-19-8-7-9-20(19)14-21/h10-15H,6-9H2,1-5H3,(H,28,30). The Kier molecular flexibility index (Phi) is 5.44. The second-order valence-corrected chi connectivity index (χ2v) is 8.62. The Bertz CT molecular complexity index is 1360. The summed E-state index contributed by atoms with van der Waals surface area (Å²) in [5.41, 5.74) is 8.02. The van der Waals surface area contributed by atoms with Gasteiger partial charge in [0.1, 0.15) is 11.5 Å². The minimum absolute atomic E-state index is 0.613. The lowest BCUT2D eigenvalue weighted by Gasteiger charge is -2.15. The van der Waals surface area contributed by atoms with Gasteiger partial charge in [0.25, 0.3) is 0 Å². The second-order valence-electron chi connectivity index (χ2n) is 8.62. The Balaban J connectivity index is 1.65. The van der Waals surface area contributed by atoms with Gasteiger partial charge in [-0.3, -0.25) is 0 Å². The number of aromatic nitrogens is 3. The normalized spacial score (nSPS) is 12.8. The summed E-state index contributed by atoms with van der Waals surface area (Å²) in [6, 6.07) is 12.6. The van der Waals surface area contributed by atoms with Crippen LogP contribution in [0.5, 0.6) is 11.5 Å². The van der Waals surface area contributed by atoms with Crippen molar-refractivity contribution in [3.8, 4) is 17.2 Å². The number of nitrogens with one attached hydrogen (secondary N) is 1. The number of benzene rings is 2. The third-order valence-corrected chi connectivity index (χ3v) is 6.61. The highest BCUT2D eigenvalue weighted by Gasteiger charge is 2.22. The van der Waals surface area contributed by atoms with E-state index in [1.807, 2.05) is 32.0 Å². The van der Waals surface area contributed by atoms with Crippen LogP contribution in [-0.2, 0) is 12.8 Å². The maximum Gasteiger partial charge on any atom is 0.162 e. The third-order valence-electron chi connectivity index (χ3n) is 6.61. The molecule has 2 aromatic heterocycles.